The fourth-order valence-corrected chi connectivity index (χ4v) is 3.81. The molecule has 3 aromatic rings. The Morgan fingerprint density at radius 3 is 2.85 bits per heavy atom. The van der Waals surface area contributed by atoms with E-state index >= 15 is 0 Å². The van der Waals surface area contributed by atoms with E-state index in [9.17, 15) is 4.79 Å². The van der Waals surface area contributed by atoms with Crippen LogP contribution in [0.1, 0.15) is 35.1 Å². The van der Waals surface area contributed by atoms with E-state index < -0.39 is 0 Å². The number of likely N-dealkylation sites (tertiary alicyclic amines) is 1. The molecule has 6 nitrogen and oxygen atoms in total. The second-order valence-electron chi connectivity index (χ2n) is 6.89. The maximum Gasteiger partial charge on any atom is 0.270 e. The Hall–Kier alpha value is -2.89. The number of hydrogen-bond donors (Lipinski definition) is 0. The number of hydrogen-bond acceptors (Lipinski definition) is 3. The van der Waals surface area contributed by atoms with Gasteiger partial charge in [-0.3, -0.25) is 9.78 Å². The van der Waals surface area contributed by atoms with E-state index in [1.807, 2.05) is 59.4 Å². The monoisotopic (exact) mass is 349 g/mol. The van der Waals surface area contributed by atoms with Crippen LogP contribution in [0, 0.1) is 6.92 Å². The van der Waals surface area contributed by atoms with Crippen LogP contribution >= 0.6 is 0 Å². The predicted molar refractivity (Wildman–Crippen MR) is 99.8 cm³/mol. The molecule has 1 amide bonds. The molecule has 1 unspecified atom stereocenters. The molecule has 0 saturated carbocycles. The number of amides is 1. The summed E-state index contributed by atoms with van der Waals surface area (Å²) in [5.74, 6) is 1.02. The fourth-order valence-electron chi connectivity index (χ4n) is 3.81. The minimum Gasteiger partial charge on any atom is -0.347 e. The van der Waals surface area contributed by atoms with Crippen LogP contribution in [0.5, 0.6) is 0 Å². The first-order chi connectivity index (χ1) is 12.6. The van der Waals surface area contributed by atoms with E-state index in [-0.39, 0.29) is 11.9 Å². The molecule has 0 aliphatic carbocycles. The molecular formula is C20H23N5O. The van der Waals surface area contributed by atoms with E-state index in [4.69, 9.17) is 0 Å². The minimum absolute atomic E-state index is 0.0999. The van der Waals surface area contributed by atoms with Crippen LogP contribution in [0.4, 0.5) is 0 Å². The molecule has 26 heavy (non-hydrogen) atoms. The van der Waals surface area contributed by atoms with E-state index in [1.54, 1.807) is 6.20 Å². The summed E-state index contributed by atoms with van der Waals surface area (Å²) in [6, 6.07) is 7.98. The SMILES string of the molecule is Cc1cnc(-c2cccnc2)n1C1CCCN(C(=O)c2cccn2C)C1. The highest BCUT2D eigenvalue weighted by Crippen LogP contribution is 2.29. The Kier molecular flexibility index (Phi) is 4.32. The van der Waals surface area contributed by atoms with Crippen molar-refractivity contribution in [3.8, 4) is 11.4 Å². The molecule has 0 radical (unpaired) electrons. The van der Waals surface area contributed by atoms with E-state index in [0.717, 1.165) is 42.2 Å². The van der Waals surface area contributed by atoms with Crippen LogP contribution in [0.25, 0.3) is 11.4 Å². The molecule has 4 rings (SSSR count). The fraction of sp³-hybridized carbons (Fsp3) is 0.350. The summed E-state index contributed by atoms with van der Waals surface area (Å²) in [5.41, 5.74) is 2.86. The van der Waals surface area contributed by atoms with Crippen molar-refractivity contribution < 1.29 is 4.79 Å². The molecule has 0 spiro atoms. The smallest absolute Gasteiger partial charge is 0.270 e. The summed E-state index contributed by atoms with van der Waals surface area (Å²) in [6.07, 6.45) is 9.46. The summed E-state index contributed by atoms with van der Waals surface area (Å²) < 4.78 is 4.15. The van der Waals surface area contributed by atoms with Crippen molar-refractivity contribution in [2.24, 2.45) is 7.05 Å². The average molecular weight is 349 g/mol. The number of piperidine rings is 1. The van der Waals surface area contributed by atoms with Crippen molar-refractivity contribution in [2.75, 3.05) is 13.1 Å². The standard InChI is InChI=1S/C20H23N5O/c1-15-12-22-19(16-6-3-9-21-13-16)25(15)17-7-4-11-24(14-17)20(26)18-8-5-10-23(18)2/h3,5-6,8-10,12-13,17H,4,7,11,14H2,1-2H3. The quantitative estimate of drug-likeness (QED) is 0.730. The van der Waals surface area contributed by atoms with Gasteiger partial charge in [0.2, 0.25) is 0 Å². The number of imidazole rings is 1. The zero-order valence-corrected chi connectivity index (χ0v) is 15.2. The van der Waals surface area contributed by atoms with Crippen molar-refractivity contribution in [1.82, 2.24) is 24.0 Å². The molecule has 0 N–H and O–H groups in total. The first-order valence-electron chi connectivity index (χ1n) is 9.00. The van der Waals surface area contributed by atoms with Gasteiger partial charge in [-0.25, -0.2) is 4.98 Å². The van der Waals surface area contributed by atoms with Crippen LogP contribution in [-0.2, 0) is 7.05 Å². The van der Waals surface area contributed by atoms with Crippen molar-refractivity contribution >= 4 is 5.91 Å². The molecule has 3 aromatic heterocycles. The lowest BCUT2D eigenvalue weighted by atomic mass is 10.0. The summed E-state index contributed by atoms with van der Waals surface area (Å²) in [5, 5.41) is 0. The highest BCUT2D eigenvalue weighted by atomic mass is 16.2. The Labute approximate surface area is 153 Å². The Morgan fingerprint density at radius 2 is 2.12 bits per heavy atom. The molecule has 1 aliphatic rings. The number of nitrogens with zero attached hydrogens (tertiary/aromatic N) is 5. The van der Waals surface area contributed by atoms with Gasteiger partial charge in [0.25, 0.3) is 5.91 Å². The molecule has 0 aromatic carbocycles. The van der Waals surface area contributed by atoms with Crippen LogP contribution in [-0.4, -0.2) is 43.0 Å². The largest absolute Gasteiger partial charge is 0.347 e. The molecule has 1 aliphatic heterocycles. The number of aromatic nitrogens is 4. The van der Waals surface area contributed by atoms with Crippen LogP contribution in [0.3, 0.4) is 0 Å². The van der Waals surface area contributed by atoms with Gasteiger partial charge >= 0.3 is 0 Å². The molecule has 1 atom stereocenters. The van der Waals surface area contributed by atoms with Crippen LogP contribution < -0.4 is 0 Å². The van der Waals surface area contributed by atoms with Crippen molar-refractivity contribution in [3.05, 3.63) is 60.4 Å². The summed E-state index contributed by atoms with van der Waals surface area (Å²) >= 11 is 0. The molecule has 0 bridgehead atoms. The normalized spacial score (nSPS) is 17.5. The van der Waals surface area contributed by atoms with Crippen molar-refractivity contribution in [3.63, 3.8) is 0 Å². The van der Waals surface area contributed by atoms with Crippen molar-refractivity contribution in [2.45, 2.75) is 25.8 Å². The van der Waals surface area contributed by atoms with Gasteiger partial charge in [0.1, 0.15) is 11.5 Å². The number of carbonyl (C=O) groups excluding carboxylic acids is 1. The van der Waals surface area contributed by atoms with Gasteiger partial charge in [-0.1, -0.05) is 0 Å². The van der Waals surface area contributed by atoms with Gasteiger partial charge < -0.3 is 14.0 Å². The van der Waals surface area contributed by atoms with Crippen molar-refractivity contribution in [1.29, 1.82) is 0 Å². The Morgan fingerprint density at radius 1 is 1.23 bits per heavy atom. The number of rotatable bonds is 3. The Bertz CT molecular complexity index is 911. The highest BCUT2D eigenvalue weighted by molar-refractivity contribution is 5.92. The molecule has 6 heteroatoms. The highest BCUT2D eigenvalue weighted by Gasteiger charge is 2.28. The number of carbonyl (C=O) groups is 1. The minimum atomic E-state index is 0.0999. The van der Waals surface area contributed by atoms with Crippen LogP contribution in [0.15, 0.2) is 49.1 Å². The third kappa shape index (κ3) is 2.92. The van der Waals surface area contributed by atoms with Gasteiger partial charge in [-0.2, -0.15) is 0 Å². The lowest BCUT2D eigenvalue weighted by Gasteiger charge is -2.34. The van der Waals surface area contributed by atoms with E-state index in [1.165, 1.54) is 0 Å². The summed E-state index contributed by atoms with van der Waals surface area (Å²) in [4.78, 5) is 23.7. The molecule has 4 heterocycles. The topological polar surface area (TPSA) is 56.0 Å². The average Bonchev–Trinajstić information content (AvgIpc) is 3.27. The van der Waals surface area contributed by atoms with Gasteiger partial charge in [-0.05, 0) is 44.0 Å². The van der Waals surface area contributed by atoms with E-state index in [2.05, 4.69) is 21.5 Å². The molecule has 1 fully saturated rings. The second kappa shape index (κ2) is 6.78. The summed E-state index contributed by atoms with van der Waals surface area (Å²) in [7, 11) is 1.91. The zero-order chi connectivity index (χ0) is 18.1. The first-order valence-corrected chi connectivity index (χ1v) is 9.00. The lowest BCUT2D eigenvalue weighted by Crippen LogP contribution is -2.41. The van der Waals surface area contributed by atoms with Crippen LogP contribution in [0.2, 0.25) is 0 Å². The second-order valence-corrected chi connectivity index (χ2v) is 6.89. The maximum absolute atomic E-state index is 12.9. The molecular weight excluding hydrogens is 326 g/mol. The number of aryl methyl sites for hydroxylation is 2. The van der Waals surface area contributed by atoms with Gasteiger partial charge in [-0.15, -0.1) is 0 Å². The summed E-state index contributed by atoms with van der Waals surface area (Å²) in [6.45, 7) is 3.58. The maximum atomic E-state index is 12.9. The molecule has 134 valence electrons. The Balaban J connectivity index is 1.62. The van der Waals surface area contributed by atoms with Gasteiger partial charge in [0.15, 0.2) is 0 Å². The number of pyridine rings is 1. The predicted octanol–water partition coefficient (Wildman–Crippen LogP) is 3.07. The lowest BCUT2D eigenvalue weighted by molar-refractivity contribution is 0.0669. The zero-order valence-electron chi connectivity index (χ0n) is 15.2. The van der Waals surface area contributed by atoms with E-state index in [0.29, 0.717) is 6.54 Å². The van der Waals surface area contributed by atoms with Gasteiger partial charge in [0, 0.05) is 56.2 Å². The van der Waals surface area contributed by atoms with Gasteiger partial charge in [0.05, 0.1) is 6.04 Å². The molecule has 1 saturated heterocycles. The third-order valence-corrected chi connectivity index (χ3v) is 5.11. The first kappa shape index (κ1) is 16.6. The third-order valence-electron chi connectivity index (χ3n) is 5.11.